The molecule has 8 heteroatoms. The molecule has 1 aromatic carbocycles. The Morgan fingerprint density at radius 2 is 2.00 bits per heavy atom. The number of amidine groups is 1. The molecule has 4 rings (SSSR count). The summed E-state index contributed by atoms with van der Waals surface area (Å²) in [4.78, 5) is 23.6. The van der Waals surface area contributed by atoms with Gasteiger partial charge in [-0.05, 0) is 49.2 Å². The van der Waals surface area contributed by atoms with E-state index in [1.165, 1.54) is 6.07 Å². The largest absolute Gasteiger partial charge is 0.508 e. The second-order valence-corrected chi connectivity index (χ2v) is 7.39. The number of rotatable bonds is 3. The van der Waals surface area contributed by atoms with Crippen LogP contribution in [0.15, 0.2) is 35.5 Å². The van der Waals surface area contributed by atoms with Crippen molar-refractivity contribution in [3.63, 3.8) is 0 Å². The number of phenols is 1. The predicted octanol–water partition coefficient (Wildman–Crippen LogP) is 2.56. The summed E-state index contributed by atoms with van der Waals surface area (Å²) in [5.41, 5.74) is 5.77. The van der Waals surface area contributed by atoms with Gasteiger partial charge in [-0.1, -0.05) is 0 Å². The minimum Gasteiger partial charge on any atom is -0.508 e. The molecule has 0 radical (unpaired) electrons. The lowest BCUT2D eigenvalue weighted by atomic mass is 10.0. The number of fused-ring (bicyclic) bond motifs is 1. The minimum atomic E-state index is -0.163. The van der Waals surface area contributed by atoms with E-state index >= 15 is 0 Å². The smallest absolute Gasteiger partial charge is 0.260 e. The summed E-state index contributed by atoms with van der Waals surface area (Å²) < 4.78 is 1.79. The summed E-state index contributed by atoms with van der Waals surface area (Å²) in [6.45, 7) is 4.23. The Bertz CT molecular complexity index is 1190. The van der Waals surface area contributed by atoms with Crippen LogP contribution in [0.1, 0.15) is 32.7 Å². The monoisotopic (exact) mass is 404 g/mol. The molecule has 8 nitrogen and oxygen atoms in total. The summed E-state index contributed by atoms with van der Waals surface area (Å²) in [6, 6.07) is 7.07. The number of hydrogen-bond acceptors (Lipinski definition) is 5. The van der Waals surface area contributed by atoms with Crippen LogP contribution in [0.25, 0.3) is 11.3 Å². The van der Waals surface area contributed by atoms with Crippen molar-refractivity contribution in [3.05, 3.63) is 58.4 Å². The second kappa shape index (κ2) is 7.29. The third-order valence-corrected chi connectivity index (χ3v) is 5.39. The minimum absolute atomic E-state index is 0.0947. The topological polar surface area (TPSA) is 95.6 Å². The molecule has 3 heterocycles. The van der Waals surface area contributed by atoms with Gasteiger partial charge in [0, 0.05) is 38.0 Å². The van der Waals surface area contributed by atoms with E-state index < -0.39 is 0 Å². The summed E-state index contributed by atoms with van der Waals surface area (Å²) in [7, 11) is 5.42. The number of amides is 1. The van der Waals surface area contributed by atoms with Crippen LogP contribution in [0.2, 0.25) is 0 Å². The first-order chi connectivity index (χ1) is 14.3. The molecule has 1 amide bonds. The van der Waals surface area contributed by atoms with Crippen LogP contribution < -0.4 is 10.2 Å². The first-order valence-corrected chi connectivity index (χ1v) is 9.64. The quantitative estimate of drug-likeness (QED) is 0.517. The third kappa shape index (κ3) is 3.10. The van der Waals surface area contributed by atoms with Crippen LogP contribution in [-0.4, -0.2) is 45.7 Å². The van der Waals surface area contributed by atoms with E-state index in [1.54, 1.807) is 28.9 Å². The number of pyridine rings is 1. The number of aromatic hydroxyl groups is 1. The number of aliphatic imine (C=N–C) groups is 1. The van der Waals surface area contributed by atoms with E-state index in [0.29, 0.717) is 17.9 Å². The SMILES string of the molecule is CN=C(NC)c1cnn(C)c1-c1cc(C)nc(N2Cc3c(C)cc(O)cc3C2=O)c1. The normalized spacial score (nSPS) is 13.7. The highest BCUT2D eigenvalue weighted by molar-refractivity contribution is 6.10. The van der Waals surface area contributed by atoms with Gasteiger partial charge in [0.25, 0.3) is 5.91 Å². The molecular weight excluding hydrogens is 380 g/mol. The van der Waals surface area contributed by atoms with Crippen molar-refractivity contribution >= 4 is 17.6 Å². The number of aryl methyl sites for hydroxylation is 3. The van der Waals surface area contributed by atoms with E-state index in [1.807, 2.05) is 40.1 Å². The van der Waals surface area contributed by atoms with E-state index in [9.17, 15) is 9.90 Å². The molecular formula is C22H24N6O2. The van der Waals surface area contributed by atoms with Crippen LogP contribution in [0, 0.1) is 13.8 Å². The maximum absolute atomic E-state index is 13.1. The van der Waals surface area contributed by atoms with Crippen LogP contribution in [-0.2, 0) is 13.6 Å². The first kappa shape index (κ1) is 19.6. The Kier molecular flexibility index (Phi) is 4.77. The Hall–Kier alpha value is -3.68. The number of hydrogen-bond donors (Lipinski definition) is 2. The van der Waals surface area contributed by atoms with E-state index in [0.717, 1.165) is 39.5 Å². The van der Waals surface area contributed by atoms with Crippen molar-refractivity contribution in [1.82, 2.24) is 20.1 Å². The fourth-order valence-electron chi connectivity index (χ4n) is 4.01. The van der Waals surface area contributed by atoms with Gasteiger partial charge in [0.15, 0.2) is 0 Å². The molecule has 0 saturated heterocycles. The molecule has 0 unspecified atom stereocenters. The van der Waals surface area contributed by atoms with Gasteiger partial charge in [0.1, 0.15) is 17.4 Å². The van der Waals surface area contributed by atoms with Gasteiger partial charge < -0.3 is 10.4 Å². The number of carbonyl (C=O) groups excluding carboxylic acids is 1. The summed E-state index contributed by atoms with van der Waals surface area (Å²) in [5.74, 6) is 1.23. The summed E-state index contributed by atoms with van der Waals surface area (Å²) in [6.07, 6.45) is 1.77. The molecule has 154 valence electrons. The zero-order valence-electron chi connectivity index (χ0n) is 17.7. The van der Waals surface area contributed by atoms with Crippen LogP contribution >= 0.6 is 0 Å². The van der Waals surface area contributed by atoms with Gasteiger partial charge in [-0.25, -0.2) is 4.98 Å². The lowest BCUT2D eigenvalue weighted by molar-refractivity contribution is 0.0995. The Morgan fingerprint density at radius 3 is 2.70 bits per heavy atom. The van der Waals surface area contributed by atoms with Crippen LogP contribution in [0.3, 0.4) is 0 Å². The Labute approximate surface area is 174 Å². The number of aromatic nitrogens is 3. The van der Waals surface area contributed by atoms with E-state index in [-0.39, 0.29) is 11.7 Å². The zero-order valence-corrected chi connectivity index (χ0v) is 17.7. The van der Waals surface area contributed by atoms with Crippen molar-refractivity contribution in [1.29, 1.82) is 0 Å². The van der Waals surface area contributed by atoms with Gasteiger partial charge in [-0.2, -0.15) is 5.10 Å². The summed E-state index contributed by atoms with van der Waals surface area (Å²) >= 11 is 0. The Morgan fingerprint density at radius 1 is 1.23 bits per heavy atom. The van der Waals surface area contributed by atoms with Gasteiger partial charge >= 0.3 is 0 Å². The maximum Gasteiger partial charge on any atom is 0.260 e. The summed E-state index contributed by atoms with van der Waals surface area (Å²) in [5, 5.41) is 17.4. The molecule has 2 N–H and O–H groups in total. The molecule has 0 aliphatic carbocycles. The molecule has 2 aromatic heterocycles. The highest BCUT2D eigenvalue weighted by atomic mass is 16.3. The molecule has 0 bridgehead atoms. The van der Waals surface area contributed by atoms with Gasteiger partial charge in [0.05, 0.1) is 24.0 Å². The molecule has 0 atom stereocenters. The van der Waals surface area contributed by atoms with Crippen molar-refractivity contribution in [2.75, 3.05) is 19.0 Å². The average Bonchev–Trinajstić information content (AvgIpc) is 3.23. The molecule has 3 aromatic rings. The number of anilines is 1. The van der Waals surface area contributed by atoms with Gasteiger partial charge in [0.2, 0.25) is 0 Å². The number of carbonyl (C=O) groups is 1. The standard InChI is InChI=1S/C22H24N6O2/c1-12-6-15(29)9-16-18(12)11-28(22(16)30)19-8-14(7-13(2)26-19)20-17(10-25-27(20)5)21(23-3)24-4/h6-10,29H,11H2,1-5H3,(H,23,24). The van der Waals surface area contributed by atoms with E-state index in [4.69, 9.17) is 0 Å². The number of benzene rings is 1. The van der Waals surface area contributed by atoms with Crippen LogP contribution in [0.4, 0.5) is 5.82 Å². The lowest BCUT2D eigenvalue weighted by Gasteiger charge is -2.17. The maximum atomic E-state index is 13.1. The highest BCUT2D eigenvalue weighted by Crippen LogP contribution is 2.34. The molecule has 1 aliphatic rings. The number of nitrogens with zero attached hydrogens (tertiary/aromatic N) is 5. The van der Waals surface area contributed by atoms with Gasteiger partial charge in [-0.3, -0.25) is 19.4 Å². The number of phenolic OH excluding ortho intramolecular Hbond substituents is 1. The molecule has 0 spiro atoms. The molecule has 1 aliphatic heterocycles. The number of nitrogens with one attached hydrogen (secondary N) is 1. The Balaban J connectivity index is 1.81. The predicted molar refractivity (Wildman–Crippen MR) is 116 cm³/mol. The van der Waals surface area contributed by atoms with Crippen molar-refractivity contribution in [2.45, 2.75) is 20.4 Å². The van der Waals surface area contributed by atoms with Gasteiger partial charge in [-0.15, -0.1) is 0 Å². The first-order valence-electron chi connectivity index (χ1n) is 9.64. The fourth-order valence-corrected chi connectivity index (χ4v) is 4.01. The average molecular weight is 404 g/mol. The molecule has 30 heavy (non-hydrogen) atoms. The van der Waals surface area contributed by atoms with E-state index in [2.05, 4.69) is 20.4 Å². The fraction of sp³-hybridized carbons (Fsp3) is 0.273. The zero-order chi connectivity index (χ0) is 21.6. The third-order valence-electron chi connectivity index (χ3n) is 5.39. The van der Waals surface area contributed by atoms with Crippen molar-refractivity contribution in [2.24, 2.45) is 12.0 Å². The molecule has 0 saturated carbocycles. The highest BCUT2D eigenvalue weighted by Gasteiger charge is 2.31. The van der Waals surface area contributed by atoms with Crippen molar-refractivity contribution < 1.29 is 9.90 Å². The van der Waals surface area contributed by atoms with Crippen LogP contribution in [0.5, 0.6) is 5.75 Å². The second-order valence-electron chi connectivity index (χ2n) is 7.39. The van der Waals surface area contributed by atoms with Crippen molar-refractivity contribution in [3.8, 4) is 17.0 Å². The lowest BCUT2D eigenvalue weighted by Crippen LogP contribution is -2.24. The molecule has 0 fully saturated rings.